The van der Waals surface area contributed by atoms with E-state index in [0.29, 0.717) is 0 Å². The van der Waals surface area contributed by atoms with E-state index in [1.165, 1.54) is 4.88 Å². The number of anilines is 1. The van der Waals surface area contributed by atoms with Gasteiger partial charge in [0.25, 0.3) is 0 Å². The Morgan fingerprint density at radius 3 is 2.81 bits per heavy atom. The molecule has 1 aromatic heterocycles. The minimum atomic E-state index is -0.614. The molecule has 1 aromatic rings. The monoisotopic (exact) mass is 259 g/mol. The summed E-state index contributed by atoms with van der Waals surface area (Å²) in [4.78, 5) is 8.13. The predicted molar refractivity (Wildman–Crippen MR) is 69.7 cm³/mol. The summed E-state index contributed by atoms with van der Waals surface area (Å²) in [6, 6.07) is 0. The zero-order valence-corrected chi connectivity index (χ0v) is 11.3. The molecule has 0 spiro atoms. The summed E-state index contributed by atoms with van der Waals surface area (Å²) in [6.07, 6.45) is 0. The van der Waals surface area contributed by atoms with Crippen LogP contribution < -0.4 is 10.2 Å². The second-order valence-corrected chi connectivity index (χ2v) is 6.63. The van der Waals surface area contributed by atoms with E-state index in [-0.39, 0.29) is 0 Å². The normalized spacial score (nSPS) is 18.0. The van der Waals surface area contributed by atoms with Gasteiger partial charge in [0.1, 0.15) is 0 Å². The molecule has 4 nitrogen and oxygen atoms in total. The Labute approximate surface area is 103 Å². The van der Waals surface area contributed by atoms with Crippen LogP contribution in [0.1, 0.15) is 10.6 Å². The third-order valence-electron chi connectivity index (χ3n) is 2.67. The zero-order chi connectivity index (χ0) is 11.5. The fourth-order valence-electron chi connectivity index (χ4n) is 1.70. The predicted octanol–water partition coefficient (Wildman–Crippen LogP) is 0.740. The lowest BCUT2D eigenvalue weighted by Crippen LogP contribution is -2.37. The average Bonchev–Trinajstić information content (AvgIpc) is 2.62. The second kappa shape index (κ2) is 5.25. The molecule has 0 saturated carbocycles. The van der Waals surface area contributed by atoms with Crippen molar-refractivity contribution in [2.24, 2.45) is 0 Å². The van der Waals surface area contributed by atoms with Gasteiger partial charge in [-0.15, -0.1) is 11.3 Å². The largest absolute Gasteiger partial charge is 0.346 e. The first-order chi connectivity index (χ1) is 7.70. The maximum atomic E-state index is 11.3. The summed E-state index contributed by atoms with van der Waals surface area (Å²) in [7, 11) is 1.33. The summed E-state index contributed by atoms with van der Waals surface area (Å²) < 4.78 is 11.3. The molecular weight excluding hydrogens is 242 g/mol. The second-order valence-electron chi connectivity index (χ2n) is 3.87. The first kappa shape index (κ1) is 12.0. The first-order valence-corrected chi connectivity index (χ1v) is 7.72. The summed E-state index contributed by atoms with van der Waals surface area (Å²) in [5.74, 6) is 1.56. The van der Waals surface area contributed by atoms with E-state index in [4.69, 9.17) is 0 Å². The van der Waals surface area contributed by atoms with Crippen molar-refractivity contribution in [2.45, 2.75) is 13.5 Å². The molecule has 16 heavy (non-hydrogen) atoms. The lowest BCUT2D eigenvalue weighted by molar-refractivity contribution is 0.673. The fourth-order valence-corrected chi connectivity index (χ4v) is 3.88. The van der Waals surface area contributed by atoms with Crippen LogP contribution in [0.2, 0.25) is 0 Å². The van der Waals surface area contributed by atoms with Crippen molar-refractivity contribution in [3.63, 3.8) is 0 Å². The Hall–Kier alpha value is -0.460. The fraction of sp³-hybridized carbons (Fsp3) is 0.700. The Kier molecular flexibility index (Phi) is 3.94. The molecule has 1 aliphatic heterocycles. The minimum absolute atomic E-state index is 0.614. The number of hydrogen-bond acceptors (Lipinski definition) is 5. The van der Waals surface area contributed by atoms with Crippen LogP contribution in [0.4, 0.5) is 5.13 Å². The molecule has 0 atom stereocenters. The van der Waals surface area contributed by atoms with E-state index >= 15 is 0 Å². The summed E-state index contributed by atoms with van der Waals surface area (Å²) in [5.41, 5.74) is 1.11. The van der Waals surface area contributed by atoms with Gasteiger partial charge in [-0.2, -0.15) is 0 Å². The third-order valence-corrected chi connectivity index (χ3v) is 5.16. The molecule has 1 N–H and O–H groups in total. The van der Waals surface area contributed by atoms with Gasteiger partial charge in [0.05, 0.1) is 5.69 Å². The lowest BCUT2D eigenvalue weighted by atomic mass is 10.4. The molecule has 1 fully saturated rings. The zero-order valence-electron chi connectivity index (χ0n) is 9.65. The highest BCUT2D eigenvalue weighted by Gasteiger charge is 2.19. The first-order valence-electron chi connectivity index (χ1n) is 5.41. The molecule has 1 aliphatic rings. The Balaban J connectivity index is 2.09. The number of nitrogens with zero attached hydrogens (tertiary/aromatic N) is 2. The number of aryl methyl sites for hydroxylation is 1. The maximum Gasteiger partial charge on any atom is 0.185 e. The highest BCUT2D eigenvalue weighted by molar-refractivity contribution is 7.85. The van der Waals surface area contributed by atoms with Crippen LogP contribution in [0, 0.1) is 6.92 Å². The van der Waals surface area contributed by atoms with Crippen LogP contribution in [0.3, 0.4) is 0 Å². The van der Waals surface area contributed by atoms with Crippen molar-refractivity contribution >= 4 is 27.3 Å². The van der Waals surface area contributed by atoms with Crippen LogP contribution in [0.15, 0.2) is 0 Å². The van der Waals surface area contributed by atoms with Gasteiger partial charge in [0.2, 0.25) is 0 Å². The van der Waals surface area contributed by atoms with E-state index in [0.717, 1.165) is 42.0 Å². The molecule has 2 rings (SSSR count). The SMILES string of the molecule is CNCc1sc(N2CCS(=O)CC2)nc1C. The molecule has 0 aromatic carbocycles. The molecule has 0 aliphatic carbocycles. The van der Waals surface area contributed by atoms with Crippen molar-refractivity contribution in [1.29, 1.82) is 0 Å². The number of rotatable bonds is 3. The molecule has 0 bridgehead atoms. The quantitative estimate of drug-likeness (QED) is 0.869. The van der Waals surface area contributed by atoms with Gasteiger partial charge in [-0.1, -0.05) is 0 Å². The Morgan fingerprint density at radius 2 is 2.19 bits per heavy atom. The summed E-state index contributed by atoms with van der Waals surface area (Å²) in [5, 5.41) is 4.23. The van der Waals surface area contributed by atoms with Crippen LogP contribution in [-0.4, -0.2) is 40.8 Å². The highest BCUT2D eigenvalue weighted by atomic mass is 32.2. The lowest BCUT2D eigenvalue weighted by Gasteiger charge is -2.25. The van der Waals surface area contributed by atoms with Gasteiger partial charge in [-0.25, -0.2) is 4.98 Å². The van der Waals surface area contributed by atoms with E-state index in [1.807, 2.05) is 7.05 Å². The number of thiazole rings is 1. The Morgan fingerprint density at radius 1 is 1.50 bits per heavy atom. The number of nitrogens with one attached hydrogen (secondary N) is 1. The van der Waals surface area contributed by atoms with Crippen molar-refractivity contribution in [2.75, 3.05) is 36.5 Å². The van der Waals surface area contributed by atoms with Gasteiger partial charge in [0, 0.05) is 46.8 Å². The molecule has 0 amide bonds. The minimum Gasteiger partial charge on any atom is -0.346 e. The standard InChI is InChI=1S/C10H17N3OS2/c1-8-9(7-11-2)15-10(12-8)13-3-5-16(14)6-4-13/h11H,3-7H2,1-2H3. The number of aromatic nitrogens is 1. The van der Waals surface area contributed by atoms with Crippen LogP contribution >= 0.6 is 11.3 Å². The van der Waals surface area contributed by atoms with Crippen molar-refractivity contribution in [1.82, 2.24) is 10.3 Å². The van der Waals surface area contributed by atoms with Crippen LogP contribution in [-0.2, 0) is 17.3 Å². The van der Waals surface area contributed by atoms with E-state index < -0.39 is 10.8 Å². The molecular formula is C10H17N3OS2. The van der Waals surface area contributed by atoms with E-state index in [9.17, 15) is 4.21 Å². The Bertz CT molecular complexity index is 381. The molecule has 1 saturated heterocycles. The van der Waals surface area contributed by atoms with Crippen molar-refractivity contribution < 1.29 is 4.21 Å². The van der Waals surface area contributed by atoms with Gasteiger partial charge < -0.3 is 10.2 Å². The molecule has 90 valence electrons. The molecule has 0 unspecified atom stereocenters. The average molecular weight is 259 g/mol. The van der Waals surface area contributed by atoms with E-state index in [2.05, 4.69) is 22.1 Å². The third kappa shape index (κ3) is 2.61. The highest BCUT2D eigenvalue weighted by Crippen LogP contribution is 2.26. The van der Waals surface area contributed by atoms with Crippen LogP contribution in [0.25, 0.3) is 0 Å². The molecule has 0 radical (unpaired) electrons. The summed E-state index contributed by atoms with van der Waals surface area (Å²) >= 11 is 1.75. The van der Waals surface area contributed by atoms with Gasteiger partial charge in [0.15, 0.2) is 5.13 Å². The smallest absolute Gasteiger partial charge is 0.185 e. The van der Waals surface area contributed by atoms with Gasteiger partial charge >= 0.3 is 0 Å². The molecule has 6 heteroatoms. The summed E-state index contributed by atoms with van der Waals surface area (Å²) in [6.45, 7) is 4.68. The van der Waals surface area contributed by atoms with Crippen molar-refractivity contribution in [3.05, 3.63) is 10.6 Å². The van der Waals surface area contributed by atoms with Crippen molar-refractivity contribution in [3.8, 4) is 0 Å². The number of hydrogen-bond donors (Lipinski definition) is 1. The van der Waals surface area contributed by atoms with E-state index in [1.54, 1.807) is 11.3 Å². The maximum absolute atomic E-state index is 11.3. The molecule has 2 heterocycles. The van der Waals surface area contributed by atoms with Crippen LogP contribution in [0.5, 0.6) is 0 Å². The van der Waals surface area contributed by atoms with Gasteiger partial charge in [-0.05, 0) is 14.0 Å². The van der Waals surface area contributed by atoms with Gasteiger partial charge in [-0.3, -0.25) is 4.21 Å². The topological polar surface area (TPSA) is 45.2 Å².